The second-order valence-corrected chi connectivity index (χ2v) is 13.4. The summed E-state index contributed by atoms with van der Waals surface area (Å²) in [4.78, 5) is 24.2. The third-order valence-corrected chi connectivity index (χ3v) is 8.44. The number of aliphatic hydroxyl groups is 3. The Kier molecular flexibility index (Phi) is 36.4. The molecule has 0 aliphatic heterocycles. The number of carbonyl (C=O) groups is 2. The summed E-state index contributed by atoms with van der Waals surface area (Å²) in [6.07, 6.45) is 44.6. The average Bonchev–Trinajstić information content (AvgIpc) is 3.12. The highest BCUT2D eigenvalue weighted by Gasteiger charge is 2.16. The van der Waals surface area contributed by atoms with Gasteiger partial charge in [-0.25, -0.2) is 0 Å². The van der Waals surface area contributed by atoms with Crippen molar-refractivity contribution in [1.29, 1.82) is 0 Å². The van der Waals surface area contributed by atoms with Gasteiger partial charge in [0, 0.05) is 12.8 Å². The monoisotopic (exact) mass is 715 g/mol. The second kappa shape index (κ2) is 38.5. The van der Waals surface area contributed by atoms with Crippen LogP contribution in [0.4, 0.5) is 0 Å². The fourth-order valence-electron chi connectivity index (χ4n) is 5.34. The van der Waals surface area contributed by atoms with E-state index in [0.29, 0.717) is 32.1 Å². The van der Waals surface area contributed by atoms with Gasteiger partial charge < -0.3 is 24.8 Å². The van der Waals surface area contributed by atoms with Crippen molar-refractivity contribution in [2.75, 3.05) is 13.2 Å². The molecule has 0 aliphatic carbocycles. The molecule has 0 rings (SSSR count). The molecule has 0 amide bonds. The van der Waals surface area contributed by atoms with Crippen LogP contribution >= 0.6 is 0 Å². The molecule has 0 fully saturated rings. The first-order valence-corrected chi connectivity index (χ1v) is 20.2. The first kappa shape index (κ1) is 48.3. The maximum Gasteiger partial charge on any atom is 0.306 e. The lowest BCUT2D eigenvalue weighted by Gasteiger charge is -2.15. The summed E-state index contributed by atoms with van der Waals surface area (Å²) in [6, 6.07) is 0. The molecule has 0 aromatic heterocycles. The molecule has 0 aromatic carbocycles. The summed E-state index contributed by atoms with van der Waals surface area (Å²) >= 11 is 0. The predicted molar refractivity (Wildman–Crippen MR) is 212 cm³/mol. The number of ether oxygens (including phenoxy) is 2. The van der Waals surface area contributed by atoms with Crippen LogP contribution in [0.1, 0.15) is 162 Å². The molecule has 7 heteroatoms. The number of unbranched alkanes of at least 4 members (excludes halogenated alkanes) is 15. The Morgan fingerprint density at radius 2 is 1.06 bits per heavy atom. The summed E-state index contributed by atoms with van der Waals surface area (Å²) in [5.41, 5.74) is 0. The van der Waals surface area contributed by atoms with Crippen LogP contribution in [0.25, 0.3) is 0 Å². The third kappa shape index (κ3) is 36.8. The van der Waals surface area contributed by atoms with E-state index in [9.17, 15) is 24.9 Å². The van der Waals surface area contributed by atoms with Crippen molar-refractivity contribution in [2.45, 2.75) is 180 Å². The van der Waals surface area contributed by atoms with E-state index in [2.05, 4.69) is 13.8 Å². The number of esters is 2. The molecule has 0 unspecified atom stereocenters. The Morgan fingerprint density at radius 1 is 0.569 bits per heavy atom. The Bertz CT molecular complexity index is 978. The SMILES string of the molecule is CC/C=C\C[C@@H](O)/C=C/C=C\C=C\[C@@H](O)C/C=C\C/C=C\CCC(=O)OC[C@H](CO)OC(=O)CCCCCCCCCCCCCCCCCC. The molecule has 7 nitrogen and oxygen atoms in total. The Balaban J connectivity index is 3.81. The van der Waals surface area contributed by atoms with E-state index in [1.54, 1.807) is 24.3 Å². The minimum Gasteiger partial charge on any atom is -0.462 e. The minimum atomic E-state index is -0.835. The molecule has 3 atom stereocenters. The van der Waals surface area contributed by atoms with Crippen LogP contribution in [0.5, 0.6) is 0 Å². The van der Waals surface area contributed by atoms with Crippen LogP contribution in [0, 0.1) is 0 Å². The zero-order valence-electron chi connectivity index (χ0n) is 32.3. The van der Waals surface area contributed by atoms with Gasteiger partial charge in [-0.05, 0) is 38.5 Å². The lowest BCUT2D eigenvalue weighted by atomic mass is 10.0. The first-order valence-electron chi connectivity index (χ1n) is 20.2. The van der Waals surface area contributed by atoms with E-state index in [4.69, 9.17) is 9.47 Å². The number of rotatable bonds is 35. The van der Waals surface area contributed by atoms with Crippen LogP contribution in [-0.4, -0.2) is 58.8 Å². The first-order chi connectivity index (χ1) is 24.9. The maximum absolute atomic E-state index is 12.2. The molecule has 0 bridgehead atoms. The van der Waals surface area contributed by atoms with Gasteiger partial charge in [-0.3, -0.25) is 9.59 Å². The molecular weight excluding hydrogens is 640 g/mol. The summed E-state index contributed by atoms with van der Waals surface area (Å²) in [7, 11) is 0. The van der Waals surface area contributed by atoms with Gasteiger partial charge in [-0.1, -0.05) is 183 Å². The summed E-state index contributed by atoms with van der Waals surface area (Å²) in [6.45, 7) is 3.79. The van der Waals surface area contributed by atoms with Crippen molar-refractivity contribution in [3.8, 4) is 0 Å². The van der Waals surface area contributed by atoms with Crippen molar-refractivity contribution in [3.63, 3.8) is 0 Å². The molecule has 0 heterocycles. The molecule has 3 N–H and O–H groups in total. The second-order valence-electron chi connectivity index (χ2n) is 13.4. The Morgan fingerprint density at radius 3 is 1.57 bits per heavy atom. The van der Waals surface area contributed by atoms with Gasteiger partial charge in [0.15, 0.2) is 6.10 Å². The highest BCUT2D eigenvalue weighted by molar-refractivity contribution is 5.70. The molecule has 0 saturated carbocycles. The van der Waals surface area contributed by atoms with Crippen LogP contribution in [0.3, 0.4) is 0 Å². The number of aliphatic hydroxyl groups excluding tert-OH is 3. The van der Waals surface area contributed by atoms with Crippen LogP contribution in [0.15, 0.2) is 72.9 Å². The number of allylic oxidation sites excluding steroid dienone is 8. The van der Waals surface area contributed by atoms with Crippen LogP contribution in [-0.2, 0) is 19.1 Å². The number of carbonyl (C=O) groups excluding carboxylic acids is 2. The van der Waals surface area contributed by atoms with E-state index in [0.717, 1.165) is 25.7 Å². The van der Waals surface area contributed by atoms with Gasteiger partial charge in [0.1, 0.15) is 6.61 Å². The molecule has 0 radical (unpaired) electrons. The van der Waals surface area contributed by atoms with Gasteiger partial charge >= 0.3 is 11.9 Å². The third-order valence-electron chi connectivity index (χ3n) is 8.44. The van der Waals surface area contributed by atoms with Crippen LogP contribution < -0.4 is 0 Å². The standard InChI is InChI=1S/C44H74O7/c1-3-5-7-8-9-10-11-12-13-14-15-16-17-18-23-31-37-44(49)51-42(38-45)39-50-43(48)36-30-22-20-19-21-27-33-41(47)35-29-25-24-28-34-40(46)32-26-6-4-2/h6,20-22,24-29,34-35,40-42,45-47H,3-5,7-19,23,30-33,36-39H2,1-2H3/b22-20-,25-24-,26-6-,27-21-,34-28+,35-29+/t40-,41+,42+/m1/s1. The van der Waals surface area contributed by atoms with E-state index in [-0.39, 0.29) is 25.6 Å². The van der Waals surface area contributed by atoms with Crippen molar-refractivity contribution in [3.05, 3.63) is 72.9 Å². The summed E-state index contributed by atoms with van der Waals surface area (Å²) in [5.74, 6) is -0.759. The average molecular weight is 715 g/mol. The lowest BCUT2D eigenvalue weighted by molar-refractivity contribution is -0.161. The number of hydrogen-bond acceptors (Lipinski definition) is 7. The maximum atomic E-state index is 12.2. The van der Waals surface area contributed by atoms with Crippen molar-refractivity contribution in [2.24, 2.45) is 0 Å². The van der Waals surface area contributed by atoms with Crippen LogP contribution in [0.2, 0.25) is 0 Å². The normalized spacial score (nSPS) is 14.2. The van der Waals surface area contributed by atoms with Gasteiger partial charge in [0.25, 0.3) is 0 Å². The fourth-order valence-corrected chi connectivity index (χ4v) is 5.34. The minimum absolute atomic E-state index is 0.143. The highest BCUT2D eigenvalue weighted by atomic mass is 16.6. The molecule has 0 spiro atoms. The lowest BCUT2D eigenvalue weighted by Crippen LogP contribution is -2.28. The van der Waals surface area contributed by atoms with E-state index in [1.165, 1.54) is 83.5 Å². The molecule has 292 valence electrons. The number of hydrogen-bond donors (Lipinski definition) is 3. The van der Waals surface area contributed by atoms with Gasteiger partial charge in [0.05, 0.1) is 18.8 Å². The topological polar surface area (TPSA) is 113 Å². The fraction of sp³-hybridized carbons (Fsp3) is 0.682. The van der Waals surface area contributed by atoms with E-state index < -0.39 is 24.3 Å². The van der Waals surface area contributed by atoms with E-state index >= 15 is 0 Å². The summed E-state index contributed by atoms with van der Waals surface area (Å²) < 4.78 is 10.5. The van der Waals surface area contributed by atoms with Crippen molar-refractivity contribution in [1.82, 2.24) is 0 Å². The predicted octanol–water partition coefficient (Wildman–Crippen LogP) is 10.5. The largest absolute Gasteiger partial charge is 0.462 e. The zero-order chi connectivity index (χ0) is 37.5. The zero-order valence-corrected chi connectivity index (χ0v) is 32.3. The van der Waals surface area contributed by atoms with Gasteiger partial charge in [0.2, 0.25) is 0 Å². The molecule has 0 aromatic rings. The highest BCUT2D eigenvalue weighted by Crippen LogP contribution is 2.14. The van der Waals surface area contributed by atoms with Gasteiger partial charge in [-0.15, -0.1) is 0 Å². The Hall–Kier alpha value is -2.74. The molecule has 51 heavy (non-hydrogen) atoms. The van der Waals surface area contributed by atoms with Crippen molar-refractivity contribution < 1.29 is 34.4 Å². The summed E-state index contributed by atoms with van der Waals surface area (Å²) in [5, 5.41) is 29.4. The smallest absolute Gasteiger partial charge is 0.306 e. The van der Waals surface area contributed by atoms with Crippen molar-refractivity contribution >= 4 is 11.9 Å². The Labute approximate surface area is 311 Å². The molecular formula is C44H74O7. The van der Waals surface area contributed by atoms with Gasteiger partial charge in [-0.2, -0.15) is 0 Å². The molecule has 0 aliphatic rings. The molecule has 0 saturated heterocycles. The quantitative estimate of drug-likeness (QED) is 0.0259. The van der Waals surface area contributed by atoms with E-state index in [1.807, 2.05) is 48.6 Å².